The monoisotopic (exact) mass is 382 g/mol. The van der Waals surface area contributed by atoms with E-state index in [1.165, 1.54) is 11.3 Å². The van der Waals surface area contributed by atoms with Crippen LogP contribution in [0.4, 0.5) is 0 Å². The highest BCUT2D eigenvalue weighted by atomic mass is 32.1. The van der Waals surface area contributed by atoms with Crippen LogP contribution in [0.1, 0.15) is 10.4 Å². The molecular formula is C18H22O7S. The van der Waals surface area contributed by atoms with Gasteiger partial charge >= 0.3 is 0 Å². The summed E-state index contributed by atoms with van der Waals surface area (Å²) in [5.41, 5.74) is 1.06. The number of methoxy groups -OCH3 is 1. The van der Waals surface area contributed by atoms with E-state index in [-0.39, 0.29) is 0 Å². The summed E-state index contributed by atoms with van der Waals surface area (Å²) in [6.07, 6.45) is -5.86. The van der Waals surface area contributed by atoms with Crippen LogP contribution in [0.3, 0.4) is 0 Å². The highest BCUT2D eigenvalue weighted by Gasteiger charge is 2.44. The van der Waals surface area contributed by atoms with Crippen molar-refractivity contribution < 1.29 is 34.6 Å². The minimum Gasteiger partial charge on any atom is -0.497 e. The van der Waals surface area contributed by atoms with Gasteiger partial charge in [-0.25, -0.2) is 0 Å². The third-order valence-electron chi connectivity index (χ3n) is 4.32. The van der Waals surface area contributed by atoms with Crippen LogP contribution < -0.4 is 9.47 Å². The SMILES string of the molecule is COc1ccc(Cc2sccc2O[C@@H]2OC(CO)[C@@H](O)C(O)[C@@H]2O)cc1. The molecule has 0 amide bonds. The number of ether oxygens (including phenoxy) is 3. The van der Waals surface area contributed by atoms with Crippen molar-refractivity contribution in [3.05, 3.63) is 46.2 Å². The summed E-state index contributed by atoms with van der Waals surface area (Å²) in [4.78, 5) is 0.923. The minimum absolute atomic E-state index is 0.493. The lowest BCUT2D eigenvalue weighted by atomic mass is 9.99. The van der Waals surface area contributed by atoms with E-state index in [1.54, 1.807) is 13.2 Å². The molecule has 4 N–H and O–H groups in total. The van der Waals surface area contributed by atoms with Crippen LogP contribution >= 0.6 is 11.3 Å². The summed E-state index contributed by atoms with van der Waals surface area (Å²) in [6, 6.07) is 9.42. The van der Waals surface area contributed by atoms with Crippen LogP contribution in [0, 0.1) is 0 Å². The van der Waals surface area contributed by atoms with Crippen molar-refractivity contribution in [1.29, 1.82) is 0 Å². The van der Waals surface area contributed by atoms with Crippen molar-refractivity contribution >= 4 is 11.3 Å². The van der Waals surface area contributed by atoms with Gasteiger partial charge in [-0.05, 0) is 29.1 Å². The molecule has 7 nitrogen and oxygen atoms in total. The van der Waals surface area contributed by atoms with Gasteiger partial charge in [-0.1, -0.05) is 12.1 Å². The summed E-state index contributed by atoms with van der Waals surface area (Å²) in [5, 5.41) is 40.9. The quantitative estimate of drug-likeness (QED) is 0.577. The number of rotatable bonds is 6. The van der Waals surface area contributed by atoms with Gasteiger partial charge in [-0.2, -0.15) is 0 Å². The maximum absolute atomic E-state index is 10.1. The molecule has 1 aliphatic rings. The predicted octanol–water partition coefficient (Wildman–Crippen LogP) is 0.526. The second kappa shape index (κ2) is 8.34. The van der Waals surface area contributed by atoms with Crippen LogP contribution in [0.2, 0.25) is 0 Å². The molecule has 26 heavy (non-hydrogen) atoms. The Kier molecular flexibility index (Phi) is 6.13. The van der Waals surface area contributed by atoms with Crippen molar-refractivity contribution in [3.8, 4) is 11.5 Å². The zero-order valence-electron chi connectivity index (χ0n) is 14.2. The standard InChI is InChI=1S/C18H22O7S/c1-23-11-4-2-10(3-5-11)8-14-12(6-7-26-14)24-18-17(22)16(21)15(20)13(9-19)25-18/h2-7,13,15-22H,8-9H2,1H3/t13?,15-,16?,17+,18-/m1/s1. The molecule has 2 aromatic rings. The zero-order chi connectivity index (χ0) is 18.7. The smallest absolute Gasteiger partial charge is 0.229 e. The number of hydrogen-bond acceptors (Lipinski definition) is 8. The summed E-state index contributed by atoms with van der Waals surface area (Å²) in [7, 11) is 1.61. The molecule has 1 aromatic carbocycles. The number of hydrogen-bond donors (Lipinski definition) is 4. The van der Waals surface area contributed by atoms with Crippen LogP contribution in [0.5, 0.6) is 11.5 Å². The highest BCUT2D eigenvalue weighted by Crippen LogP contribution is 2.31. The number of benzene rings is 1. The molecule has 0 aliphatic carbocycles. The fourth-order valence-corrected chi connectivity index (χ4v) is 3.62. The lowest BCUT2D eigenvalue weighted by Gasteiger charge is -2.39. The second-order valence-electron chi connectivity index (χ2n) is 6.05. The Labute approximate surface area is 155 Å². The molecule has 8 heteroatoms. The molecule has 3 rings (SSSR count). The number of aliphatic hydroxyl groups is 4. The fourth-order valence-electron chi connectivity index (χ4n) is 2.78. The van der Waals surface area contributed by atoms with Gasteiger partial charge in [-0.3, -0.25) is 0 Å². The lowest BCUT2D eigenvalue weighted by Crippen LogP contribution is -2.60. The van der Waals surface area contributed by atoms with Crippen LogP contribution in [-0.4, -0.2) is 64.8 Å². The van der Waals surface area contributed by atoms with Gasteiger partial charge in [0.05, 0.1) is 18.6 Å². The van der Waals surface area contributed by atoms with E-state index in [0.29, 0.717) is 12.2 Å². The van der Waals surface area contributed by atoms with Crippen molar-refractivity contribution in [2.75, 3.05) is 13.7 Å². The molecule has 0 saturated carbocycles. The summed E-state index contributed by atoms with van der Waals surface area (Å²) >= 11 is 1.50. The molecule has 142 valence electrons. The zero-order valence-corrected chi connectivity index (χ0v) is 15.0. The Balaban J connectivity index is 1.71. The highest BCUT2D eigenvalue weighted by molar-refractivity contribution is 7.10. The van der Waals surface area contributed by atoms with E-state index in [2.05, 4.69) is 0 Å². The number of thiophene rings is 1. The Morgan fingerprint density at radius 1 is 1.04 bits per heavy atom. The average Bonchev–Trinajstić information content (AvgIpc) is 3.09. The van der Waals surface area contributed by atoms with E-state index in [0.717, 1.165) is 16.2 Å². The predicted molar refractivity (Wildman–Crippen MR) is 94.5 cm³/mol. The topological polar surface area (TPSA) is 109 Å². The first-order valence-corrected chi connectivity index (χ1v) is 9.08. The van der Waals surface area contributed by atoms with E-state index >= 15 is 0 Å². The molecule has 0 bridgehead atoms. The molecule has 1 fully saturated rings. The number of aliphatic hydroxyl groups excluding tert-OH is 4. The van der Waals surface area contributed by atoms with Gasteiger partial charge in [0.15, 0.2) is 0 Å². The molecule has 0 spiro atoms. The minimum atomic E-state index is -1.46. The molecule has 5 atom stereocenters. The van der Waals surface area contributed by atoms with Crippen LogP contribution in [0.15, 0.2) is 35.7 Å². The molecule has 0 radical (unpaired) electrons. The normalized spacial score (nSPS) is 28.7. The average molecular weight is 382 g/mol. The van der Waals surface area contributed by atoms with Crippen molar-refractivity contribution in [2.45, 2.75) is 37.1 Å². The first kappa shape index (κ1) is 19.1. The van der Waals surface area contributed by atoms with E-state index in [1.807, 2.05) is 29.6 Å². The van der Waals surface area contributed by atoms with Gasteiger partial charge in [-0.15, -0.1) is 11.3 Å². The Morgan fingerprint density at radius 3 is 2.42 bits per heavy atom. The maximum atomic E-state index is 10.1. The molecule has 2 heterocycles. The third kappa shape index (κ3) is 4.01. The lowest BCUT2D eigenvalue weighted by molar-refractivity contribution is -0.277. The van der Waals surface area contributed by atoms with Gasteiger partial charge in [0.25, 0.3) is 0 Å². The van der Waals surface area contributed by atoms with Gasteiger partial charge in [0.2, 0.25) is 6.29 Å². The summed E-state index contributed by atoms with van der Waals surface area (Å²) in [6.45, 7) is -0.493. The molecule has 1 saturated heterocycles. The summed E-state index contributed by atoms with van der Waals surface area (Å²) in [5.74, 6) is 1.30. The first-order valence-electron chi connectivity index (χ1n) is 8.20. The van der Waals surface area contributed by atoms with Crippen molar-refractivity contribution in [2.24, 2.45) is 0 Å². The first-order chi connectivity index (χ1) is 12.5. The largest absolute Gasteiger partial charge is 0.497 e. The fraction of sp³-hybridized carbons (Fsp3) is 0.444. The third-order valence-corrected chi connectivity index (χ3v) is 5.22. The van der Waals surface area contributed by atoms with E-state index < -0.39 is 37.3 Å². The van der Waals surface area contributed by atoms with Gasteiger partial charge in [0, 0.05) is 6.42 Å². The molecular weight excluding hydrogens is 360 g/mol. The van der Waals surface area contributed by atoms with Crippen LogP contribution in [0.25, 0.3) is 0 Å². The van der Waals surface area contributed by atoms with Crippen LogP contribution in [-0.2, 0) is 11.2 Å². The van der Waals surface area contributed by atoms with Crippen molar-refractivity contribution in [1.82, 2.24) is 0 Å². The Bertz CT molecular complexity index is 700. The van der Waals surface area contributed by atoms with Crippen molar-refractivity contribution in [3.63, 3.8) is 0 Å². The Morgan fingerprint density at radius 2 is 1.77 bits per heavy atom. The van der Waals surface area contributed by atoms with E-state index in [9.17, 15) is 20.4 Å². The molecule has 1 aromatic heterocycles. The molecule has 1 aliphatic heterocycles. The van der Waals surface area contributed by atoms with Gasteiger partial charge < -0.3 is 34.6 Å². The summed E-state index contributed by atoms with van der Waals surface area (Å²) < 4.78 is 16.3. The molecule has 2 unspecified atom stereocenters. The Hall–Kier alpha value is -1.68. The second-order valence-corrected chi connectivity index (χ2v) is 7.05. The maximum Gasteiger partial charge on any atom is 0.229 e. The van der Waals surface area contributed by atoms with E-state index in [4.69, 9.17) is 14.2 Å². The van der Waals surface area contributed by atoms with Gasteiger partial charge in [0.1, 0.15) is 35.9 Å².